The van der Waals surface area contributed by atoms with Crippen LogP contribution in [-0.2, 0) is 18.4 Å². The number of nitrogen functional groups attached to an aromatic ring is 1. The average Bonchev–Trinajstić information content (AvgIpc) is 2.80. The van der Waals surface area contributed by atoms with E-state index in [1.165, 1.54) is 0 Å². The number of amides is 1. The van der Waals surface area contributed by atoms with Gasteiger partial charge in [0, 0.05) is 12.7 Å². The molecular weight excluding hydrogens is 242 g/mol. The third-order valence-corrected chi connectivity index (χ3v) is 3.03. The molecule has 1 amide bonds. The van der Waals surface area contributed by atoms with Crippen molar-refractivity contribution in [2.45, 2.75) is 19.4 Å². The highest BCUT2D eigenvalue weighted by atomic mass is 16.1. The molecule has 100 valence electrons. The zero-order valence-electron chi connectivity index (χ0n) is 11.0. The number of nitrogens with one attached hydrogen (secondary N) is 1. The van der Waals surface area contributed by atoms with E-state index in [0.29, 0.717) is 18.1 Å². The predicted molar refractivity (Wildman–Crippen MR) is 72.1 cm³/mol. The van der Waals surface area contributed by atoms with Crippen molar-refractivity contribution in [1.82, 2.24) is 20.1 Å². The van der Waals surface area contributed by atoms with Gasteiger partial charge in [-0.2, -0.15) is 0 Å². The molecule has 3 N–H and O–H groups in total. The van der Waals surface area contributed by atoms with Crippen LogP contribution in [0.4, 0.5) is 5.69 Å². The van der Waals surface area contributed by atoms with Gasteiger partial charge in [-0.1, -0.05) is 12.1 Å². The number of anilines is 1. The zero-order chi connectivity index (χ0) is 13.8. The van der Waals surface area contributed by atoms with Crippen molar-refractivity contribution in [3.63, 3.8) is 0 Å². The number of benzene rings is 1. The standard InChI is InChI=1S/C13H17N5O/c1-9(10-4-3-5-11(14)6-10)13(19)15-7-12-17-16-8-18(12)2/h3-6,8-9H,7,14H2,1-2H3,(H,15,19). The van der Waals surface area contributed by atoms with Crippen molar-refractivity contribution in [2.75, 3.05) is 5.73 Å². The van der Waals surface area contributed by atoms with E-state index in [2.05, 4.69) is 15.5 Å². The number of aromatic nitrogens is 3. The molecule has 0 saturated heterocycles. The lowest BCUT2D eigenvalue weighted by atomic mass is 10.00. The molecule has 1 unspecified atom stereocenters. The van der Waals surface area contributed by atoms with Crippen LogP contribution in [0.15, 0.2) is 30.6 Å². The summed E-state index contributed by atoms with van der Waals surface area (Å²) >= 11 is 0. The van der Waals surface area contributed by atoms with E-state index in [9.17, 15) is 4.79 Å². The lowest BCUT2D eigenvalue weighted by molar-refractivity contribution is -0.122. The molecule has 2 aromatic rings. The van der Waals surface area contributed by atoms with Crippen molar-refractivity contribution in [3.05, 3.63) is 42.0 Å². The molecule has 0 aliphatic heterocycles. The first-order valence-corrected chi connectivity index (χ1v) is 6.04. The first-order chi connectivity index (χ1) is 9.08. The van der Waals surface area contributed by atoms with Gasteiger partial charge in [0.1, 0.15) is 6.33 Å². The highest BCUT2D eigenvalue weighted by molar-refractivity contribution is 5.83. The molecule has 0 radical (unpaired) electrons. The lowest BCUT2D eigenvalue weighted by Gasteiger charge is -2.12. The summed E-state index contributed by atoms with van der Waals surface area (Å²) in [6.45, 7) is 2.21. The monoisotopic (exact) mass is 259 g/mol. The van der Waals surface area contributed by atoms with Crippen LogP contribution in [0.5, 0.6) is 0 Å². The molecule has 1 aromatic heterocycles. The van der Waals surface area contributed by atoms with Crippen LogP contribution in [-0.4, -0.2) is 20.7 Å². The summed E-state index contributed by atoms with van der Waals surface area (Å²) in [5.41, 5.74) is 7.27. The minimum atomic E-state index is -0.253. The topological polar surface area (TPSA) is 85.8 Å². The van der Waals surface area contributed by atoms with Crippen molar-refractivity contribution in [3.8, 4) is 0 Å². The zero-order valence-corrected chi connectivity index (χ0v) is 11.0. The lowest BCUT2D eigenvalue weighted by Crippen LogP contribution is -2.28. The van der Waals surface area contributed by atoms with Gasteiger partial charge in [-0.25, -0.2) is 0 Å². The maximum Gasteiger partial charge on any atom is 0.227 e. The Morgan fingerprint density at radius 2 is 2.32 bits per heavy atom. The first kappa shape index (κ1) is 13.1. The van der Waals surface area contributed by atoms with Gasteiger partial charge in [0.25, 0.3) is 0 Å². The van der Waals surface area contributed by atoms with Gasteiger partial charge >= 0.3 is 0 Å². The highest BCUT2D eigenvalue weighted by Gasteiger charge is 2.15. The molecule has 0 bridgehead atoms. The third kappa shape index (κ3) is 3.09. The third-order valence-electron chi connectivity index (χ3n) is 3.03. The molecule has 1 atom stereocenters. The number of nitrogens with zero attached hydrogens (tertiary/aromatic N) is 3. The maximum absolute atomic E-state index is 12.1. The van der Waals surface area contributed by atoms with Crippen molar-refractivity contribution >= 4 is 11.6 Å². The summed E-state index contributed by atoms with van der Waals surface area (Å²) in [5, 5.41) is 10.5. The normalized spacial score (nSPS) is 12.1. The Labute approximate surface area is 111 Å². The van der Waals surface area contributed by atoms with Gasteiger partial charge in [0.05, 0.1) is 12.5 Å². The summed E-state index contributed by atoms with van der Waals surface area (Å²) in [5.74, 6) is 0.401. The van der Waals surface area contributed by atoms with Gasteiger partial charge in [-0.05, 0) is 24.6 Å². The molecule has 0 saturated carbocycles. The van der Waals surface area contributed by atoms with Crippen LogP contribution in [0, 0.1) is 0 Å². The summed E-state index contributed by atoms with van der Waals surface area (Å²) < 4.78 is 1.77. The van der Waals surface area contributed by atoms with Crippen molar-refractivity contribution in [1.29, 1.82) is 0 Å². The first-order valence-electron chi connectivity index (χ1n) is 6.04. The molecule has 6 nitrogen and oxygen atoms in total. The van der Waals surface area contributed by atoms with Crippen LogP contribution >= 0.6 is 0 Å². The van der Waals surface area contributed by atoms with Gasteiger partial charge in [-0.15, -0.1) is 10.2 Å². The Balaban J connectivity index is 1.98. The summed E-state index contributed by atoms with van der Waals surface area (Å²) in [7, 11) is 1.84. The van der Waals surface area contributed by atoms with Crippen LogP contribution < -0.4 is 11.1 Å². The Hall–Kier alpha value is -2.37. The molecule has 0 fully saturated rings. The Morgan fingerprint density at radius 3 is 2.95 bits per heavy atom. The van der Waals surface area contributed by atoms with Crippen LogP contribution in [0.1, 0.15) is 24.2 Å². The average molecular weight is 259 g/mol. The van der Waals surface area contributed by atoms with Crippen molar-refractivity contribution < 1.29 is 4.79 Å². The van der Waals surface area contributed by atoms with Crippen LogP contribution in [0.3, 0.4) is 0 Å². The second-order valence-corrected chi connectivity index (χ2v) is 4.47. The smallest absolute Gasteiger partial charge is 0.227 e. The van der Waals surface area contributed by atoms with Crippen molar-refractivity contribution in [2.24, 2.45) is 7.05 Å². The van der Waals surface area contributed by atoms with Crippen LogP contribution in [0.25, 0.3) is 0 Å². The largest absolute Gasteiger partial charge is 0.399 e. The maximum atomic E-state index is 12.1. The molecule has 0 spiro atoms. The molecule has 6 heteroatoms. The van der Waals surface area contributed by atoms with E-state index < -0.39 is 0 Å². The summed E-state index contributed by atoms with van der Waals surface area (Å²) in [6.07, 6.45) is 1.60. The number of aryl methyl sites for hydroxylation is 1. The molecule has 1 aromatic carbocycles. The number of nitrogens with two attached hydrogens (primary N) is 1. The van der Waals surface area contributed by atoms with Gasteiger partial charge in [0.2, 0.25) is 5.91 Å². The van der Waals surface area contributed by atoms with Gasteiger partial charge < -0.3 is 15.6 Å². The van der Waals surface area contributed by atoms with E-state index in [-0.39, 0.29) is 11.8 Å². The fourth-order valence-corrected chi connectivity index (χ4v) is 1.77. The Morgan fingerprint density at radius 1 is 1.53 bits per heavy atom. The van der Waals surface area contributed by atoms with Gasteiger partial charge in [0.15, 0.2) is 5.82 Å². The van der Waals surface area contributed by atoms with E-state index >= 15 is 0 Å². The van der Waals surface area contributed by atoms with E-state index in [1.807, 2.05) is 32.2 Å². The number of hydrogen-bond donors (Lipinski definition) is 2. The van der Waals surface area contributed by atoms with Crippen LogP contribution in [0.2, 0.25) is 0 Å². The highest BCUT2D eigenvalue weighted by Crippen LogP contribution is 2.17. The number of carbonyl (C=O) groups excluding carboxylic acids is 1. The minimum absolute atomic E-state index is 0.0615. The number of rotatable bonds is 4. The molecular formula is C13H17N5O. The predicted octanol–water partition coefficient (Wildman–Crippen LogP) is 0.817. The summed E-state index contributed by atoms with van der Waals surface area (Å²) in [6, 6.07) is 7.35. The van der Waals surface area contributed by atoms with E-state index in [1.54, 1.807) is 17.0 Å². The second-order valence-electron chi connectivity index (χ2n) is 4.47. The second kappa shape index (κ2) is 5.51. The SMILES string of the molecule is CC(C(=O)NCc1nncn1C)c1cccc(N)c1. The Kier molecular flexibility index (Phi) is 3.79. The number of carbonyl (C=O) groups is 1. The Bertz CT molecular complexity index is 578. The fourth-order valence-electron chi connectivity index (χ4n) is 1.77. The minimum Gasteiger partial charge on any atom is -0.399 e. The summed E-state index contributed by atoms with van der Waals surface area (Å²) in [4.78, 5) is 12.1. The quantitative estimate of drug-likeness (QED) is 0.796. The molecule has 0 aliphatic carbocycles. The van der Waals surface area contributed by atoms with Gasteiger partial charge in [-0.3, -0.25) is 4.79 Å². The molecule has 1 heterocycles. The molecule has 19 heavy (non-hydrogen) atoms. The van der Waals surface area contributed by atoms with E-state index in [0.717, 1.165) is 5.56 Å². The number of hydrogen-bond acceptors (Lipinski definition) is 4. The van der Waals surface area contributed by atoms with E-state index in [4.69, 9.17) is 5.73 Å². The molecule has 0 aliphatic rings. The molecule has 2 rings (SSSR count). The fraction of sp³-hybridized carbons (Fsp3) is 0.308.